The third kappa shape index (κ3) is 23.5. The highest BCUT2D eigenvalue weighted by molar-refractivity contribution is 5.74. The van der Waals surface area contributed by atoms with Gasteiger partial charge in [0.2, 0.25) is 23.6 Å². The zero-order valence-corrected chi connectivity index (χ0v) is 66.0. The summed E-state index contributed by atoms with van der Waals surface area (Å²) in [5.74, 6) is -3.89. The molecule has 0 unspecified atom stereocenters. The zero-order valence-electron chi connectivity index (χ0n) is 66.0. The van der Waals surface area contributed by atoms with E-state index in [1.165, 1.54) is 0 Å². The van der Waals surface area contributed by atoms with Crippen molar-refractivity contribution >= 4 is 23.6 Å². The van der Waals surface area contributed by atoms with Gasteiger partial charge in [-0.3, -0.25) is 19.2 Å². The Morgan fingerprint density at radius 3 is 0.772 bits per heavy atom. The first-order valence-corrected chi connectivity index (χ1v) is 39.1. The van der Waals surface area contributed by atoms with Crippen LogP contribution in [0.25, 0.3) is 0 Å². The molecule has 123 heavy (non-hydrogen) atoms. The van der Waals surface area contributed by atoms with Gasteiger partial charge in [-0.15, -0.1) is 0 Å². The van der Waals surface area contributed by atoms with Gasteiger partial charge >= 0.3 is 0 Å². The normalized spacial score (nSPS) is 46.7. The Morgan fingerprint density at radius 2 is 0.496 bits per heavy atom. The van der Waals surface area contributed by atoms with Gasteiger partial charge in [0.05, 0.1) is 72.7 Å². The molecule has 0 aromatic heterocycles. The van der Waals surface area contributed by atoms with Crippen LogP contribution < -0.4 is 21.3 Å². The van der Waals surface area contributed by atoms with Gasteiger partial charge in [0, 0.05) is 27.7 Å². The summed E-state index contributed by atoms with van der Waals surface area (Å²) in [5.41, 5.74) is 0. The fourth-order valence-electron chi connectivity index (χ4n) is 15.5. The first-order valence-electron chi connectivity index (χ1n) is 39.1. The van der Waals surface area contributed by atoms with Gasteiger partial charge in [-0.2, -0.15) is 0 Å². The van der Waals surface area contributed by atoms with Crippen LogP contribution in [-0.2, 0) is 104 Å². The van der Waals surface area contributed by atoms with Gasteiger partial charge in [0.15, 0.2) is 56.6 Å². The molecule has 0 saturated carbocycles. The van der Waals surface area contributed by atoms with Crippen LogP contribution >= 0.6 is 0 Å². The maximum atomic E-state index is 13.4. The molecule has 9 heterocycles. The highest BCUT2D eigenvalue weighted by Crippen LogP contribution is 2.40. The largest absolute Gasteiger partial charge is 0.394 e. The third-order valence-corrected chi connectivity index (χ3v) is 22.1. The van der Waals surface area contributed by atoms with E-state index in [0.29, 0.717) is 0 Å². The zero-order chi connectivity index (χ0) is 90.9. The SMILES string of the molecule is CC(=O)N[C@H]1[C@H](OC[C@H]2O[C@@H](O[C@H]3[C@H](O)[C@@H](NC(C)=O)[C@H](O[C@H]4[C@@H](O)[C@@H](CO[C@@H]5O[C@H](CO)[C@@H](O[C@@H]6O[C@H](CO)[C@H](O)[C@H](O)[C@H]6O)[C@H](O)[C@H]5NC(C)=O)O[C@@H](O[C@@H]([C@H](O)[C@@H](O)CO)[C@H](O)CO)[C@@H]4O)O[C@@H]3CO)[C@H](O)[C@@H](O[C@@H]3O[C@H](CO)[C@@H](O[C@@H]4O[C@H](CO)[C@H](O)[C@H](O)[C@H]4O)[C@H](O)[C@H]3NC(C)=O)[C@H]2O)O[C@H](CO)[C@@H](O[C@@H]2O[C@H](CO)[C@H](O)[C@H](O)[C@H]2O)[C@@H]1O. The summed E-state index contributed by atoms with van der Waals surface area (Å²) >= 11 is 0. The van der Waals surface area contributed by atoms with Gasteiger partial charge in [0.1, 0.15) is 244 Å². The molecule has 9 aliphatic heterocycles. The van der Waals surface area contributed by atoms with Gasteiger partial charge in [-0.25, -0.2) is 0 Å². The fraction of sp³-hybridized carbons (Fsp3) is 0.941. The Hall–Kier alpha value is -4.00. The van der Waals surface area contributed by atoms with E-state index < -0.39 is 397 Å². The molecule has 9 fully saturated rings. The number of nitrogens with one attached hydrogen (secondary N) is 4. The summed E-state index contributed by atoms with van der Waals surface area (Å²) in [7, 11) is 0. The van der Waals surface area contributed by atoms with E-state index in [4.69, 9.17) is 85.3 Å². The van der Waals surface area contributed by atoms with Crippen LogP contribution in [0.2, 0.25) is 0 Å². The van der Waals surface area contributed by atoms with E-state index in [1.807, 2.05) is 0 Å². The number of ether oxygens (including phenoxy) is 18. The number of carbonyl (C=O) groups excluding carboxylic acids is 4. The van der Waals surface area contributed by atoms with Crippen molar-refractivity contribution in [2.24, 2.45) is 0 Å². The molecule has 33 N–H and O–H groups in total. The van der Waals surface area contributed by atoms with E-state index in [2.05, 4.69) is 21.3 Å². The van der Waals surface area contributed by atoms with Gasteiger partial charge in [0.25, 0.3) is 0 Å². The first-order chi connectivity index (χ1) is 58.2. The van der Waals surface area contributed by atoms with Gasteiger partial charge in [-0.05, 0) is 0 Å². The molecule has 0 bridgehead atoms. The van der Waals surface area contributed by atoms with Crippen molar-refractivity contribution in [1.29, 1.82) is 0 Å². The van der Waals surface area contributed by atoms with Crippen LogP contribution in [-0.4, -0.2) is 545 Å². The standard InChI is InChI=1S/C68H116N4O51/c1-16(82)69-31-41(94)54(118-64-48(101)45(98)36(89)22(7-75)108-64)25(10-78)111-60(31)106-14-29-39(92)58(51(104)67(115-29)117-53(21(87)6-74)35(88)20(86)5-73)122-63-34(72-19(4)85)44(97)57(28(13-81)114-63)121-68-52(105)59(123-62-33(71-18(3)84)43(96)56(27(12-80)113-62)120-66-50(103)47(100)38(91)24(9-77)110-66)40(93)30(116-68)15-107-61-32(70-17(2)83)42(95)55(26(11-79)112-61)119-65-49(102)46(99)37(90)23(8-76)109-65/h20-68,73-81,86-105H,5-15H2,1-4H3,(H,69,82)(H,70,83)(H,71,84)(H,72,85)/t20-,21+,22+,23+,24+,25+,26+,27+,28+,29+,30+,31+,32+,33+,34+,35+,36-,37-,38-,39-,40-,41+,42+,43+,44+,45-,46-,47-,48+,49+,50+,51+,52+,53+,54+,55+,56+,57+,58-,59-,60+,61+,62-,63-,64-,65-,66-,67-,68-/m0/s1. The molecule has 0 radical (unpaired) electrons. The van der Waals surface area contributed by atoms with Crippen molar-refractivity contribution in [3.05, 3.63) is 0 Å². The summed E-state index contributed by atoms with van der Waals surface area (Å²) in [6.45, 7) is -8.67. The summed E-state index contributed by atoms with van der Waals surface area (Å²) in [5, 5.41) is 328. The minimum atomic E-state index is -2.56. The van der Waals surface area contributed by atoms with Crippen LogP contribution in [0, 0.1) is 0 Å². The molecule has 55 nitrogen and oxygen atoms in total. The summed E-state index contributed by atoms with van der Waals surface area (Å²) in [4.78, 5) is 52.1. The van der Waals surface area contributed by atoms with Gasteiger partial charge in [-0.1, -0.05) is 0 Å². The van der Waals surface area contributed by atoms with Crippen molar-refractivity contribution in [2.45, 2.75) is 328 Å². The third-order valence-electron chi connectivity index (χ3n) is 22.1. The highest BCUT2D eigenvalue weighted by atomic mass is 16.8. The molecule has 9 saturated heterocycles. The Balaban J connectivity index is 1.03. The summed E-state index contributed by atoms with van der Waals surface area (Å²) in [6.07, 6.45) is -94.8. The molecule has 4 amide bonds. The first kappa shape index (κ1) is 103. The van der Waals surface area contributed by atoms with E-state index in [1.54, 1.807) is 0 Å². The highest BCUT2D eigenvalue weighted by Gasteiger charge is 2.61. The second-order valence-electron chi connectivity index (χ2n) is 30.8. The molecule has 0 spiro atoms. The predicted molar refractivity (Wildman–Crippen MR) is 378 cm³/mol. The summed E-state index contributed by atoms with van der Waals surface area (Å²) < 4.78 is 106. The van der Waals surface area contributed by atoms with Crippen molar-refractivity contribution in [3.8, 4) is 0 Å². The lowest BCUT2D eigenvalue weighted by atomic mass is 9.93. The van der Waals surface area contributed by atoms with Crippen molar-refractivity contribution in [2.75, 3.05) is 72.7 Å². The van der Waals surface area contributed by atoms with Crippen molar-refractivity contribution in [1.82, 2.24) is 21.3 Å². The lowest BCUT2D eigenvalue weighted by Gasteiger charge is -2.51. The maximum Gasteiger partial charge on any atom is 0.217 e. The molecule has 0 aliphatic carbocycles. The molecule has 9 rings (SSSR count). The number of hydrogen-bond acceptors (Lipinski definition) is 51. The average Bonchev–Trinajstić information content (AvgIpc) is 0.772. The minimum absolute atomic E-state index is 0.864. The molecular weight excluding hydrogens is 1690 g/mol. The predicted octanol–water partition coefficient (Wildman–Crippen LogP) is -22.6. The second kappa shape index (κ2) is 45.7. The Labute approximate surface area is 696 Å². The van der Waals surface area contributed by atoms with E-state index in [0.717, 1.165) is 27.7 Å². The Kier molecular flexibility index (Phi) is 38.2. The van der Waals surface area contributed by atoms with E-state index in [9.17, 15) is 167 Å². The molecule has 0 aromatic rings. The molecule has 49 atom stereocenters. The van der Waals surface area contributed by atoms with Crippen LogP contribution in [0.1, 0.15) is 27.7 Å². The number of carbonyl (C=O) groups is 4. The number of amides is 4. The molecule has 0 aromatic carbocycles. The number of hydrogen-bond donors (Lipinski definition) is 33. The van der Waals surface area contributed by atoms with Gasteiger partial charge < -0.3 is 255 Å². The molecule has 55 heteroatoms. The monoisotopic (exact) mass is 1800 g/mol. The Bertz CT molecular complexity index is 3250. The van der Waals surface area contributed by atoms with E-state index in [-0.39, 0.29) is 0 Å². The van der Waals surface area contributed by atoms with Crippen molar-refractivity contribution in [3.63, 3.8) is 0 Å². The second-order valence-corrected chi connectivity index (χ2v) is 30.8. The molecular formula is C68H116N4O51. The quantitative estimate of drug-likeness (QED) is 0.0277. The topological polar surface area (TPSA) is 869 Å². The minimum Gasteiger partial charge on any atom is -0.394 e. The maximum absolute atomic E-state index is 13.4. The van der Waals surface area contributed by atoms with Crippen LogP contribution in [0.4, 0.5) is 0 Å². The molecule has 9 aliphatic rings. The summed E-state index contributed by atoms with van der Waals surface area (Å²) in [6, 6.07) is -7.82. The lowest BCUT2D eigenvalue weighted by Crippen LogP contribution is -2.71. The molecule has 714 valence electrons. The smallest absolute Gasteiger partial charge is 0.217 e. The van der Waals surface area contributed by atoms with Crippen LogP contribution in [0.3, 0.4) is 0 Å². The number of aliphatic hydroxyl groups excluding tert-OH is 29. The van der Waals surface area contributed by atoms with Crippen LogP contribution in [0.5, 0.6) is 0 Å². The van der Waals surface area contributed by atoms with E-state index >= 15 is 0 Å². The van der Waals surface area contributed by atoms with Crippen molar-refractivity contribution < 1.29 is 253 Å². The number of rotatable bonds is 36. The van der Waals surface area contributed by atoms with Crippen LogP contribution in [0.15, 0.2) is 0 Å². The fourth-order valence-corrected chi connectivity index (χ4v) is 15.5. The number of aliphatic hydroxyl groups is 29. The lowest BCUT2D eigenvalue weighted by molar-refractivity contribution is -0.388. The average molecular weight is 1810 g/mol. The Morgan fingerprint density at radius 1 is 0.260 bits per heavy atom.